The molecule has 0 aliphatic heterocycles. The number of amides is 1. The highest BCUT2D eigenvalue weighted by Gasteiger charge is 2.42. The van der Waals surface area contributed by atoms with Crippen molar-refractivity contribution in [3.63, 3.8) is 0 Å². The van der Waals surface area contributed by atoms with Crippen molar-refractivity contribution in [1.82, 2.24) is 5.32 Å². The van der Waals surface area contributed by atoms with Gasteiger partial charge in [-0.15, -0.1) is 0 Å². The fourth-order valence-corrected chi connectivity index (χ4v) is 3.74. The zero-order valence-corrected chi connectivity index (χ0v) is 12.0. The van der Waals surface area contributed by atoms with Gasteiger partial charge in [-0.25, -0.2) is 0 Å². The standard InChI is InChI=1S/C16H21N3O2/c17-15(19-21)12-4-1-10(2-5-12)9-18-16(20)14-8-11-3-6-13(14)7-11/h1-2,4-5,11,13-14,21H,3,6-9H2,(H2,17,19)(H,18,20). The van der Waals surface area contributed by atoms with Crippen molar-refractivity contribution in [2.75, 3.05) is 0 Å². The molecular formula is C16H21N3O2. The maximum atomic E-state index is 12.2. The van der Waals surface area contributed by atoms with Gasteiger partial charge < -0.3 is 16.3 Å². The molecule has 0 spiro atoms. The van der Waals surface area contributed by atoms with Crippen LogP contribution in [0.15, 0.2) is 29.4 Å². The van der Waals surface area contributed by atoms with Crippen LogP contribution in [0.4, 0.5) is 0 Å². The number of oxime groups is 1. The summed E-state index contributed by atoms with van der Waals surface area (Å²) in [5.74, 6) is 1.90. The van der Waals surface area contributed by atoms with Crippen LogP contribution in [0.1, 0.15) is 36.8 Å². The summed E-state index contributed by atoms with van der Waals surface area (Å²) in [5.41, 5.74) is 7.20. The third kappa shape index (κ3) is 2.86. The summed E-state index contributed by atoms with van der Waals surface area (Å²) in [6.07, 6.45) is 4.84. The Labute approximate surface area is 124 Å². The largest absolute Gasteiger partial charge is 0.409 e. The van der Waals surface area contributed by atoms with Crippen molar-refractivity contribution >= 4 is 11.7 Å². The Hall–Kier alpha value is -2.04. The lowest BCUT2D eigenvalue weighted by atomic mass is 9.88. The molecule has 0 aromatic heterocycles. The molecule has 3 unspecified atom stereocenters. The molecule has 0 saturated heterocycles. The SMILES string of the molecule is NC(=NO)c1ccc(CNC(=O)C2CC3CCC2C3)cc1. The molecule has 1 aromatic carbocycles. The predicted octanol–water partition coefficient (Wildman–Crippen LogP) is 1.83. The fourth-order valence-electron chi connectivity index (χ4n) is 3.74. The first-order chi connectivity index (χ1) is 10.2. The average Bonchev–Trinajstić information content (AvgIpc) is 3.15. The summed E-state index contributed by atoms with van der Waals surface area (Å²) in [7, 11) is 0. The molecule has 5 heteroatoms. The number of hydrogen-bond donors (Lipinski definition) is 3. The van der Waals surface area contributed by atoms with E-state index in [1.54, 1.807) is 12.1 Å². The molecule has 0 radical (unpaired) electrons. The van der Waals surface area contributed by atoms with Gasteiger partial charge in [-0.2, -0.15) is 0 Å². The molecule has 2 fully saturated rings. The lowest BCUT2D eigenvalue weighted by Crippen LogP contribution is -2.33. The van der Waals surface area contributed by atoms with Gasteiger partial charge in [0.1, 0.15) is 0 Å². The first kappa shape index (κ1) is 13.9. The Bertz CT molecular complexity index is 553. The molecule has 5 nitrogen and oxygen atoms in total. The van der Waals surface area contributed by atoms with E-state index in [-0.39, 0.29) is 17.7 Å². The van der Waals surface area contributed by atoms with Crippen molar-refractivity contribution in [1.29, 1.82) is 0 Å². The van der Waals surface area contributed by atoms with Crippen molar-refractivity contribution in [3.8, 4) is 0 Å². The Morgan fingerprint density at radius 3 is 2.62 bits per heavy atom. The zero-order valence-electron chi connectivity index (χ0n) is 12.0. The fraction of sp³-hybridized carbons (Fsp3) is 0.500. The van der Waals surface area contributed by atoms with Gasteiger partial charge in [0.2, 0.25) is 5.91 Å². The molecule has 112 valence electrons. The summed E-state index contributed by atoms with van der Waals surface area (Å²) in [5, 5.41) is 14.6. The van der Waals surface area contributed by atoms with Gasteiger partial charge in [-0.05, 0) is 36.7 Å². The second-order valence-electron chi connectivity index (χ2n) is 6.18. The van der Waals surface area contributed by atoms with E-state index in [4.69, 9.17) is 10.9 Å². The van der Waals surface area contributed by atoms with E-state index in [1.165, 1.54) is 19.3 Å². The molecule has 2 bridgehead atoms. The quantitative estimate of drug-likeness (QED) is 0.342. The van der Waals surface area contributed by atoms with E-state index in [1.807, 2.05) is 12.1 Å². The predicted molar refractivity (Wildman–Crippen MR) is 79.7 cm³/mol. The van der Waals surface area contributed by atoms with Crippen LogP contribution in [0, 0.1) is 17.8 Å². The number of nitrogens with zero attached hydrogens (tertiary/aromatic N) is 1. The molecule has 3 atom stereocenters. The Morgan fingerprint density at radius 1 is 1.29 bits per heavy atom. The van der Waals surface area contributed by atoms with Crippen molar-refractivity contribution in [2.45, 2.75) is 32.2 Å². The van der Waals surface area contributed by atoms with E-state index < -0.39 is 0 Å². The van der Waals surface area contributed by atoms with Crippen molar-refractivity contribution < 1.29 is 10.0 Å². The number of fused-ring (bicyclic) bond motifs is 2. The van der Waals surface area contributed by atoms with Crippen LogP contribution >= 0.6 is 0 Å². The summed E-state index contributed by atoms with van der Waals surface area (Å²) in [4.78, 5) is 12.2. The monoisotopic (exact) mass is 287 g/mol. The van der Waals surface area contributed by atoms with E-state index in [9.17, 15) is 4.79 Å². The van der Waals surface area contributed by atoms with Crippen LogP contribution in [0.25, 0.3) is 0 Å². The summed E-state index contributed by atoms with van der Waals surface area (Å²) in [6.45, 7) is 0.531. The number of benzene rings is 1. The van der Waals surface area contributed by atoms with Gasteiger partial charge in [0.25, 0.3) is 0 Å². The lowest BCUT2D eigenvalue weighted by Gasteiger charge is -2.20. The number of nitrogens with two attached hydrogens (primary N) is 1. The highest BCUT2D eigenvalue weighted by atomic mass is 16.4. The Balaban J connectivity index is 1.54. The van der Waals surface area contributed by atoms with Crippen molar-refractivity contribution in [3.05, 3.63) is 35.4 Å². The third-order valence-corrected chi connectivity index (χ3v) is 4.90. The van der Waals surface area contributed by atoms with Gasteiger partial charge in [-0.1, -0.05) is 35.8 Å². The van der Waals surface area contributed by atoms with Crippen LogP contribution in [-0.2, 0) is 11.3 Å². The van der Waals surface area contributed by atoms with Crippen LogP contribution in [-0.4, -0.2) is 17.0 Å². The number of amidine groups is 1. The highest BCUT2D eigenvalue weighted by molar-refractivity contribution is 5.96. The van der Waals surface area contributed by atoms with Gasteiger partial charge in [-0.3, -0.25) is 4.79 Å². The second-order valence-corrected chi connectivity index (χ2v) is 6.18. The first-order valence-electron chi connectivity index (χ1n) is 7.52. The topological polar surface area (TPSA) is 87.7 Å². The maximum Gasteiger partial charge on any atom is 0.223 e. The smallest absolute Gasteiger partial charge is 0.223 e. The number of hydrogen-bond acceptors (Lipinski definition) is 3. The van der Waals surface area contributed by atoms with Crippen LogP contribution in [0.2, 0.25) is 0 Å². The maximum absolute atomic E-state index is 12.2. The summed E-state index contributed by atoms with van der Waals surface area (Å²) < 4.78 is 0. The molecule has 21 heavy (non-hydrogen) atoms. The normalized spacial score (nSPS) is 27.8. The van der Waals surface area contributed by atoms with Gasteiger partial charge in [0, 0.05) is 18.0 Å². The average molecular weight is 287 g/mol. The molecular weight excluding hydrogens is 266 g/mol. The summed E-state index contributed by atoms with van der Waals surface area (Å²) in [6, 6.07) is 7.34. The van der Waals surface area contributed by atoms with Crippen LogP contribution in [0.5, 0.6) is 0 Å². The number of carbonyl (C=O) groups excluding carboxylic acids is 1. The number of carbonyl (C=O) groups is 1. The molecule has 2 saturated carbocycles. The van der Waals surface area contributed by atoms with E-state index in [0.717, 1.165) is 17.9 Å². The van der Waals surface area contributed by atoms with Crippen LogP contribution in [0.3, 0.4) is 0 Å². The first-order valence-corrected chi connectivity index (χ1v) is 7.52. The Kier molecular flexibility index (Phi) is 3.82. The van der Waals surface area contributed by atoms with E-state index in [2.05, 4.69) is 10.5 Å². The zero-order chi connectivity index (χ0) is 14.8. The molecule has 4 N–H and O–H groups in total. The molecule has 1 amide bonds. The minimum atomic E-state index is 0.0903. The minimum absolute atomic E-state index is 0.0903. The van der Waals surface area contributed by atoms with E-state index in [0.29, 0.717) is 18.0 Å². The van der Waals surface area contributed by atoms with Crippen molar-refractivity contribution in [2.24, 2.45) is 28.6 Å². The van der Waals surface area contributed by atoms with Gasteiger partial charge >= 0.3 is 0 Å². The van der Waals surface area contributed by atoms with Gasteiger partial charge in [0.15, 0.2) is 5.84 Å². The summed E-state index contributed by atoms with van der Waals surface area (Å²) >= 11 is 0. The highest BCUT2D eigenvalue weighted by Crippen LogP contribution is 2.48. The molecule has 2 aliphatic carbocycles. The number of nitrogens with one attached hydrogen (secondary N) is 1. The van der Waals surface area contributed by atoms with Gasteiger partial charge in [0.05, 0.1) is 0 Å². The van der Waals surface area contributed by atoms with Crippen LogP contribution < -0.4 is 11.1 Å². The molecule has 2 aliphatic rings. The Morgan fingerprint density at radius 2 is 2.05 bits per heavy atom. The second kappa shape index (κ2) is 5.76. The number of rotatable bonds is 4. The third-order valence-electron chi connectivity index (χ3n) is 4.90. The molecule has 0 heterocycles. The lowest BCUT2D eigenvalue weighted by molar-refractivity contribution is -0.126. The molecule has 1 aromatic rings. The van der Waals surface area contributed by atoms with E-state index >= 15 is 0 Å². The molecule has 3 rings (SSSR count). The minimum Gasteiger partial charge on any atom is -0.409 e.